The molecule has 1 N–H and O–H groups in total. The van der Waals surface area contributed by atoms with Gasteiger partial charge in [0.1, 0.15) is 0 Å². The summed E-state index contributed by atoms with van der Waals surface area (Å²) in [5, 5.41) is 12.4. The molecule has 0 aromatic rings. The molecule has 1 aliphatic rings. The lowest BCUT2D eigenvalue weighted by molar-refractivity contribution is 0.300. The molecule has 2 atom stereocenters. The number of hydrogen-bond donors (Lipinski definition) is 1. The van der Waals surface area contributed by atoms with Crippen LogP contribution < -0.4 is 0 Å². The highest BCUT2D eigenvalue weighted by Crippen LogP contribution is 2.34. The Balaban J connectivity index is 2.80. The highest BCUT2D eigenvalue weighted by atomic mass is 16.4. The molecule has 0 amide bonds. The van der Waals surface area contributed by atoms with Gasteiger partial charge in [0.25, 0.3) is 0 Å². The topological polar surface area (TPSA) is 32.6 Å². The van der Waals surface area contributed by atoms with E-state index in [1.807, 2.05) is 0 Å². The van der Waals surface area contributed by atoms with E-state index in [1.54, 1.807) is 0 Å². The zero-order valence-electron chi connectivity index (χ0n) is 10.3. The van der Waals surface area contributed by atoms with Gasteiger partial charge in [0.2, 0.25) is 0 Å². The lowest BCUT2D eigenvalue weighted by Crippen LogP contribution is -2.25. The van der Waals surface area contributed by atoms with Crippen LogP contribution in [0.1, 0.15) is 47.0 Å². The molecule has 0 bridgehead atoms. The van der Waals surface area contributed by atoms with E-state index in [1.165, 1.54) is 12.0 Å². The Labute approximate surface area is 93.1 Å². The van der Waals surface area contributed by atoms with Crippen LogP contribution in [0.2, 0.25) is 0 Å². The van der Waals surface area contributed by atoms with Gasteiger partial charge >= 0.3 is 0 Å². The molecule has 0 radical (unpaired) electrons. The zero-order valence-corrected chi connectivity index (χ0v) is 10.3. The van der Waals surface area contributed by atoms with Crippen LogP contribution >= 0.6 is 0 Å². The van der Waals surface area contributed by atoms with Gasteiger partial charge in [-0.25, -0.2) is 0 Å². The molecule has 2 unspecified atom stereocenters. The molecule has 0 spiro atoms. The minimum atomic E-state index is 0.376. The fourth-order valence-electron chi connectivity index (χ4n) is 2.39. The quantitative estimate of drug-likeness (QED) is 0.325. The summed E-state index contributed by atoms with van der Waals surface area (Å²) < 4.78 is 0. The molecule has 0 saturated carbocycles. The van der Waals surface area contributed by atoms with Crippen molar-refractivity contribution in [2.45, 2.75) is 47.0 Å². The van der Waals surface area contributed by atoms with Crippen LogP contribution in [0.4, 0.5) is 0 Å². The summed E-state index contributed by atoms with van der Waals surface area (Å²) in [5.41, 5.74) is 2.32. The lowest BCUT2D eigenvalue weighted by Gasteiger charge is -2.31. The molecule has 0 aromatic heterocycles. The van der Waals surface area contributed by atoms with E-state index < -0.39 is 0 Å². The predicted molar refractivity (Wildman–Crippen MR) is 64.3 cm³/mol. The Morgan fingerprint density at radius 3 is 2.73 bits per heavy atom. The van der Waals surface area contributed by atoms with E-state index in [0.29, 0.717) is 11.8 Å². The van der Waals surface area contributed by atoms with E-state index in [2.05, 4.69) is 38.9 Å². The molecule has 1 aliphatic carbocycles. The Morgan fingerprint density at radius 2 is 2.27 bits per heavy atom. The first kappa shape index (κ1) is 12.3. The second-order valence-electron chi connectivity index (χ2n) is 4.92. The second kappa shape index (κ2) is 5.34. The van der Waals surface area contributed by atoms with Gasteiger partial charge in [-0.3, -0.25) is 0 Å². The lowest BCUT2D eigenvalue weighted by atomic mass is 9.74. The summed E-state index contributed by atoms with van der Waals surface area (Å²) in [4.78, 5) is 0. The summed E-state index contributed by atoms with van der Waals surface area (Å²) in [5.74, 6) is 1.83. The fraction of sp³-hybridized carbons (Fsp3) is 0.769. The number of hydrogen-bond acceptors (Lipinski definition) is 2. The van der Waals surface area contributed by atoms with Crippen molar-refractivity contribution in [3.8, 4) is 0 Å². The van der Waals surface area contributed by atoms with E-state index >= 15 is 0 Å². The average Bonchev–Trinajstić information content (AvgIpc) is 2.22. The number of allylic oxidation sites excluding steroid dienone is 2. The van der Waals surface area contributed by atoms with E-state index in [4.69, 9.17) is 5.21 Å². The molecule has 86 valence electrons. The average molecular weight is 209 g/mol. The summed E-state index contributed by atoms with van der Waals surface area (Å²) >= 11 is 0. The molecule has 2 nitrogen and oxygen atoms in total. The third-order valence-electron chi connectivity index (χ3n) is 3.67. The number of oxime groups is 1. The maximum Gasteiger partial charge on any atom is 0.0639 e. The van der Waals surface area contributed by atoms with Gasteiger partial charge in [-0.2, -0.15) is 0 Å². The van der Waals surface area contributed by atoms with Gasteiger partial charge in [-0.05, 0) is 38.0 Å². The fourth-order valence-corrected chi connectivity index (χ4v) is 2.39. The Hall–Kier alpha value is -0.790. The van der Waals surface area contributed by atoms with Crippen molar-refractivity contribution in [2.75, 3.05) is 0 Å². The van der Waals surface area contributed by atoms with Crippen molar-refractivity contribution >= 4 is 5.71 Å². The van der Waals surface area contributed by atoms with Crippen LogP contribution in [0.3, 0.4) is 0 Å². The molecular formula is C13H23NO. The molecule has 0 aromatic carbocycles. The van der Waals surface area contributed by atoms with Crippen molar-refractivity contribution in [3.63, 3.8) is 0 Å². The minimum absolute atomic E-state index is 0.376. The van der Waals surface area contributed by atoms with E-state index in [9.17, 15) is 0 Å². The maximum atomic E-state index is 8.98. The van der Waals surface area contributed by atoms with Gasteiger partial charge in [0.15, 0.2) is 0 Å². The highest BCUT2D eigenvalue weighted by Gasteiger charge is 2.27. The van der Waals surface area contributed by atoms with Gasteiger partial charge in [0, 0.05) is 5.92 Å². The molecular weight excluding hydrogens is 186 g/mol. The van der Waals surface area contributed by atoms with Gasteiger partial charge in [0.05, 0.1) is 5.71 Å². The molecule has 0 heterocycles. The molecule has 15 heavy (non-hydrogen) atoms. The van der Waals surface area contributed by atoms with Crippen molar-refractivity contribution in [2.24, 2.45) is 22.9 Å². The van der Waals surface area contributed by atoms with Gasteiger partial charge in [-0.15, -0.1) is 0 Å². The number of nitrogens with zero attached hydrogens (tertiary/aromatic N) is 1. The standard InChI is InChI=1S/C13H23NO/c1-5-13(14-15)12-8-11(9(2)3)7-6-10(12)4/h6,9,11-12,15H,5,7-8H2,1-4H3/b14-13-. The van der Waals surface area contributed by atoms with Crippen LogP contribution in [-0.4, -0.2) is 10.9 Å². The predicted octanol–water partition coefficient (Wildman–Crippen LogP) is 3.86. The minimum Gasteiger partial charge on any atom is -0.411 e. The van der Waals surface area contributed by atoms with Crippen molar-refractivity contribution in [3.05, 3.63) is 11.6 Å². The third kappa shape index (κ3) is 2.83. The SMILES string of the molecule is CC/C(=N/O)C1CC(C(C)C)CC=C1C. The maximum absolute atomic E-state index is 8.98. The molecule has 0 saturated heterocycles. The summed E-state index contributed by atoms with van der Waals surface area (Å²) in [6.45, 7) is 8.76. The van der Waals surface area contributed by atoms with Crippen molar-refractivity contribution < 1.29 is 5.21 Å². The van der Waals surface area contributed by atoms with Crippen LogP contribution in [0.5, 0.6) is 0 Å². The molecule has 2 heteroatoms. The van der Waals surface area contributed by atoms with E-state index in [0.717, 1.165) is 24.5 Å². The number of rotatable bonds is 3. The monoisotopic (exact) mass is 209 g/mol. The molecule has 1 rings (SSSR count). The molecule has 0 aliphatic heterocycles. The van der Waals surface area contributed by atoms with Crippen LogP contribution in [0.25, 0.3) is 0 Å². The highest BCUT2D eigenvalue weighted by molar-refractivity contribution is 5.88. The Kier molecular flexibility index (Phi) is 4.37. The van der Waals surface area contributed by atoms with Crippen LogP contribution in [0.15, 0.2) is 16.8 Å². The summed E-state index contributed by atoms with van der Waals surface area (Å²) in [6.07, 6.45) is 5.49. The van der Waals surface area contributed by atoms with Crippen LogP contribution in [0, 0.1) is 17.8 Å². The normalized spacial score (nSPS) is 28.1. The smallest absolute Gasteiger partial charge is 0.0639 e. The largest absolute Gasteiger partial charge is 0.411 e. The van der Waals surface area contributed by atoms with Crippen molar-refractivity contribution in [1.29, 1.82) is 0 Å². The van der Waals surface area contributed by atoms with Gasteiger partial charge in [-0.1, -0.05) is 37.6 Å². The Morgan fingerprint density at radius 1 is 1.60 bits per heavy atom. The summed E-state index contributed by atoms with van der Waals surface area (Å²) in [7, 11) is 0. The first-order chi connectivity index (χ1) is 7.10. The Bertz CT molecular complexity index is 266. The van der Waals surface area contributed by atoms with Crippen LogP contribution in [-0.2, 0) is 0 Å². The first-order valence-electron chi connectivity index (χ1n) is 5.97. The molecule has 0 fully saturated rings. The second-order valence-corrected chi connectivity index (χ2v) is 4.92. The van der Waals surface area contributed by atoms with Gasteiger partial charge < -0.3 is 5.21 Å². The zero-order chi connectivity index (χ0) is 11.4. The third-order valence-corrected chi connectivity index (χ3v) is 3.67. The summed E-state index contributed by atoms with van der Waals surface area (Å²) in [6, 6.07) is 0. The first-order valence-corrected chi connectivity index (χ1v) is 5.97. The van der Waals surface area contributed by atoms with Crippen molar-refractivity contribution in [1.82, 2.24) is 0 Å². The van der Waals surface area contributed by atoms with E-state index in [-0.39, 0.29) is 0 Å².